The van der Waals surface area contributed by atoms with E-state index in [0.29, 0.717) is 17.2 Å². The third-order valence-corrected chi connectivity index (χ3v) is 26.5. The van der Waals surface area contributed by atoms with Gasteiger partial charge in [0, 0.05) is 62.6 Å². The van der Waals surface area contributed by atoms with Crippen molar-refractivity contribution in [2.75, 3.05) is 86.0 Å². The van der Waals surface area contributed by atoms with Gasteiger partial charge in [-0.25, -0.2) is 39.0 Å². The van der Waals surface area contributed by atoms with Crippen molar-refractivity contribution in [1.82, 2.24) is 9.97 Å². The van der Waals surface area contributed by atoms with Crippen molar-refractivity contribution in [3.05, 3.63) is 412 Å². The van der Waals surface area contributed by atoms with Crippen LogP contribution < -0.4 is 86.0 Å². The summed E-state index contributed by atoms with van der Waals surface area (Å²) in [5.74, 6) is -1.28. The lowest BCUT2D eigenvalue weighted by atomic mass is 9.97. The van der Waals surface area contributed by atoms with Crippen LogP contribution in [-0.2, 0) is 68.0 Å². The van der Waals surface area contributed by atoms with Crippen molar-refractivity contribution < 1.29 is 44.2 Å². The van der Waals surface area contributed by atoms with Crippen LogP contribution in [0.15, 0.2) is 357 Å². The van der Waals surface area contributed by atoms with Crippen LogP contribution in [0.4, 0.5) is 94.2 Å². The highest BCUT2D eigenvalue weighted by molar-refractivity contribution is 7.92. The van der Waals surface area contributed by atoms with Crippen molar-refractivity contribution in [1.29, 1.82) is 0 Å². The van der Waals surface area contributed by atoms with Crippen molar-refractivity contribution in [3.63, 3.8) is 0 Å². The Hall–Kier alpha value is -16.6. The van der Waals surface area contributed by atoms with Gasteiger partial charge in [-0.3, -0.25) is 4.98 Å². The number of nitrogens with zero attached hydrogens (tertiary/aromatic N) is 2. The molecule has 0 aliphatic heterocycles. The topological polar surface area (TPSA) is 559 Å². The number of rotatable bonds is 18. The number of phenols is 2. The quantitative estimate of drug-likeness (QED) is 0.0164. The largest absolute Gasteiger partial charge is 0.506 e. The molecule has 0 bridgehead atoms. The molecule has 0 fully saturated rings. The molecule has 16 rings (SSSR count). The second kappa shape index (κ2) is 48.7. The van der Waals surface area contributed by atoms with Gasteiger partial charge in [0.15, 0.2) is 0 Å². The molecule has 2 aromatic heterocycles. The highest BCUT2D eigenvalue weighted by Crippen LogP contribution is 2.33. The fraction of sp³-hybridized carbons (Fsp3) is 0.103. The maximum atomic E-state index is 13.0. The Morgan fingerprint density at radius 2 is 0.555 bits per heavy atom. The molecule has 0 amide bonds. The number of phenolic OH excluding ortho intramolecular Hbond substituents is 2. The average molecular weight is 1900 g/mol. The van der Waals surface area contributed by atoms with Crippen LogP contribution in [-0.4, -0.2) is 45.4 Å². The summed E-state index contributed by atoms with van der Waals surface area (Å²) in [6.45, 7) is 10.3. The molecule has 2 heterocycles. The smallest absolute Gasteiger partial charge is 0.206 e. The number of hydrogen-bond donors (Lipinski definition) is 17. The average Bonchev–Trinajstić information content (AvgIpc) is 0.799. The summed E-state index contributed by atoms with van der Waals surface area (Å²) in [5, 5.41) is 18.6. The molecule has 30 heteroatoms. The number of hydrogen-bond acceptors (Lipinski definition) is 25. The van der Waals surface area contributed by atoms with Crippen LogP contribution in [0, 0.1) is 46.3 Å². The zero-order valence-corrected chi connectivity index (χ0v) is 78.9. The fourth-order valence-corrected chi connectivity index (χ4v) is 17.3. The van der Waals surface area contributed by atoms with Crippen molar-refractivity contribution in [2.24, 2.45) is 0 Å². The van der Waals surface area contributed by atoms with E-state index in [9.17, 15) is 44.2 Å². The molecule has 137 heavy (non-hydrogen) atoms. The van der Waals surface area contributed by atoms with Gasteiger partial charge < -0.3 is 96.2 Å². The minimum Gasteiger partial charge on any atom is -0.506 e. The third-order valence-electron chi connectivity index (χ3n) is 21.2. The number of sulfone groups is 3. The predicted octanol–water partition coefficient (Wildman–Crippen LogP) is 18.9. The fourth-order valence-electron chi connectivity index (χ4n) is 13.2. The molecule has 0 atom stereocenters. The normalized spacial score (nSPS) is 10.8. The molecule has 25 nitrogen and oxygen atoms in total. The molecule has 14 aromatic carbocycles. The molecule has 0 aliphatic rings. The van der Waals surface area contributed by atoms with E-state index in [1.165, 1.54) is 93.0 Å². The maximum absolute atomic E-state index is 13.0. The van der Waals surface area contributed by atoms with E-state index in [-0.39, 0.29) is 63.6 Å². The first-order valence-corrected chi connectivity index (χ1v) is 47.3. The highest BCUT2D eigenvalue weighted by atomic mass is 32.2. The summed E-state index contributed by atoms with van der Waals surface area (Å²) >= 11 is 0. The minimum atomic E-state index is -3.91. The molecule has 0 aliphatic carbocycles. The van der Waals surface area contributed by atoms with Gasteiger partial charge in [-0.2, -0.15) is 0 Å². The Bertz CT molecular complexity index is 6680. The van der Waals surface area contributed by atoms with Crippen LogP contribution in [0.5, 0.6) is 11.5 Å². The van der Waals surface area contributed by atoms with Gasteiger partial charge in [0.2, 0.25) is 29.5 Å². The Morgan fingerprint density at radius 1 is 0.255 bits per heavy atom. The van der Waals surface area contributed by atoms with Crippen molar-refractivity contribution >= 4 is 127 Å². The van der Waals surface area contributed by atoms with Crippen LogP contribution in [0.3, 0.4) is 0 Å². The monoisotopic (exact) mass is 1900 g/mol. The minimum absolute atomic E-state index is 0.0344. The number of anilines is 15. The van der Waals surface area contributed by atoms with E-state index < -0.39 is 41.1 Å². The lowest BCUT2D eigenvalue weighted by Crippen LogP contribution is -2.05. The van der Waals surface area contributed by atoms with Gasteiger partial charge >= 0.3 is 0 Å². The van der Waals surface area contributed by atoms with Crippen molar-refractivity contribution in [3.8, 4) is 22.9 Å². The van der Waals surface area contributed by atoms with Gasteiger partial charge in [0.1, 0.15) is 29.0 Å². The van der Waals surface area contributed by atoms with E-state index in [1.807, 2.05) is 172 Å². The molecular formula is C107H115F2N17O8S3. The van der Waals surface area contributed by atoms with Crippen LogP contribution in [0.25, 0.3) is 23.5 Å². The summed E-state index contributed by atoms with van der Waals surface area (Å²) in [6.07, 6.45) is 10.3. The molecule has 32 N–H and O–H groups in total. The molecular weight excluding hydrogens is 1790 g/mol. The summed E-state index contributed by atoms with van der Waals surface area (Å²) in [7, 11) is -11.3. The van der Waals surface area contributed by atoms with E-state index >= 15 is 0 Å². The predicted molar refractivity (Wildman–Crippen MR) is 558 cm³/mol. The van der Waals surface area contributed by atoms with E-state index in [2.05, 4.69) is 84.5 Å². The second-order valence-corrected chi connectivity index (χ2v) is 37.8. The third kappa shape index (κ3) is 31.8. The number of pyridine rings is 2. The Morgan fingerprint density at radius 3 is 0.883 bits per heavy atom. The van der Waals surface area contributed by atoms with Gasteiger partial charge in [-0.15, -0.1) is 0 Å². The molecule has 0 unspecified atom stereocenters. The summed E-state index contributed by atoms with van der Waals surface area (Å²) in [6, 6.07) is 93.4. The molecule has 0 saturated heterocycles. The SMILES string of the molecule is Cc1cc(CCc2ccc(N)c(C)c2)ccc1N.Cc1cc(N)ccc1CCc1ccc(N)cc1C.Cc1cccc(-c2cccc(N)n2)n1.Nc1cc(S(=O)(=O)c2ccc(F)c(N)c2)ccc1F.Nc1cc(S(=O)(=O)c2ccc(O)c(N)c2)ccc1O.Nc1ccc(/C=C/c2ccc(N)cc2)cc1.Nc1ccc(CCc2ccc(N)cc2)cc1.Nc1cccc(S(=O)(=O)c2cccc(N)c2)c1. The lowest BCUT2D eigenvalue weighted by Gasteiger charge is -2.09. The number of benzene rings is 14. The number of aromatic nitrogens is 2. The Labute approximate surface area is 799 Å². The van der Waals surface area contributed by atoms with E-state index in [1.54, 1.807) is 30.3 Å². The second-order valence-electron chi connectivity index (χ2n) is 32.0. The first-order chi connectivity index (χ1) is 65.0. The molecule has 0 radical (unpaired) electrons. The van der Waals surface area contributed by atoms with Crippen LogP contribution in [0.2, 0.25) is 0 Å². The van der Waals surface area contributed by atoms with E-state index in [4.69, 9.17) is 86.0 Å². The standard InChI is InChI=1S/2C16H20N2.C14H16N2.C14H14N2.C12H10F2N2O2S.C12H12N2O4S.C12H12N2O2S.C11H11N3/c1-11-9-15(17)7-5-13(11)3-4-14-6-8-16(18)10-12(14)2;1-11-9-13(5-7-15(11)17)3-4-14-6-8-16(18)12(2)10-14;2*15-13-7-3-11(4-8-13)1-2-12-5-9-14(16)10-6-12;13-9-3-1-7(5-11(9)15)19(17,18)8-2-4-10(14)12(16)6-8;13-9-5-7(1-3-11(9)15)19(17,18)8-2-4-12(16)10(14)6-8;13-9-3-1-5-11(7-9)17(15,16)12-6-2-4-10(14)8-12;1-8-4-2-5-9(13-8)10-6-3-7-11(12)14-10/h2*5-10H,3-4,17-18H2,1-2H3;3-10H,1-2,15-16H2;1-10H,15-16H2;1-6H,15-16H2;1-6,15-16H,13-14H2;1-8H,13-14H2;2-7H,1H3,(H2,12,14)/b;;;2-1+;;;;. The Kier molecular flexibility index (Phi) is 37.0. The lowest BCUT2D eigenvalue weighted by molar-refractivity contribution is 0.477. The van der Waals surface area contributed by atoms with Gasteiger partial charge in [-0.1, -0.05) is 121 Å². The van der Waals surface area contributed by atoms with Crippen LogP contribution >= 0.6 is 0 Å². The summed E-state index contributed by atoms with van der Waals surface area (Å²) in [4.78, 5) is 8.42. The zero-order chi connectivity index (χ0) is 99.8. The number of nitrogens with two attached hydrogens (primary N) is 15. The number of aromatic hydroxyl groups is 2. The first kappa shape index (κ1) is 104. The van der Waals surface area contributed by atoms with Gasteiger partial charge in [0.25, 0.3) is 0 Å². The maximum Gasteiger partial charge on any atom is 0.206 e. The Balaban J connectivity index is 0.000000176. The zero-order valence-electron chi connectivity index (χ0n) is 76.5. The molecule has 16 aromatic rings. The van der Waals surface area contributed by atoms with Gasteiger partial charge in [-0.05, 0) is 358 Å². The number of aryl methyl sites for hydroxylation is 11. The van der Waals surface area contributed by atoms with E-state index in [0.717, 1.165) is 172 Å². The van der Waals surface area contributed by atoms with Gasteiger partial charge in [0.05, 0.1) is 63.5 Å². The highest BCUT2D eigenvalue weighted by Gasteiger charge is 2.23. The van der Waals surface area contributed by atoms with Crippen molar-refractivity contribution in [2.45, 2.75) is 103 Å². The number of halogens is 2. The van der Waals surface area contributed by atoms with Crippen LogP contribution in [0.1, 0.15) is 72.5 Å². The first-order valence-electron chi connectivity index (χ1n) is 42.9. The molecule has 0 spiro atoms. The summed E-state index contributed by atoms with van der Waals surface area (Å²) < 4.78 is 99.5. The molecule has 0 saturated carbocycles. The molecule has 708 valence electrons. The number of nitrogen functional groups attached to an aromatic ring is 15. The summed E-state index contributed by atoms with van der Waals surface area (Å²) in [5.41, 5.74) is 109.